The average molecular weight is 413 g/mol. The summed E-state index contributed by atoms with van der Waals surface area (Å²) in [5, 5.41) is 0. The van der Waals surface area contributed by atoms with Gasteiger partial charge in [0, 0.05) is 0 Å². The normalized spacial score (nSPS) is 21.3. The Morgan fingerprint density at radius 2 is 1.62 bits per heavy atom. The molecule has 4 heteroatoms. The first-order valence-electron chi connectivity index (χ1n) is 11.7. The lowest BCUT2D eigenvalue weighted by molar-refractivity contribution is -0.175. The van der Waals surface area contributed by atoms with Crippen molar-refractivity contribution >= 4 is 5.97 Å². The molecule has 0 aliphatic carbocycles. The van der Waals surface area contributed by atoms with E-state index in [2.05, 4.69) is 62.3 Å². The summed E-state index contributed by atoms with van der Waals surface area (Å²) in [4.78, 5) is 13.4. The molecule has 0 saturated carbocycles. The Morgan fingerprint density at radius 3 is 2.10 bits per heavy atom. The first kappa shape index (κ1) is 26.4. The molecule has 0 radical (unpaired) electrons. The molecule has 0 aromatic carbocycles. The van der Waals surface area contributed by atoms with E-state index in [-0.39, 0.29) is 30.2 Å². The second kappa shape index (κ2) is 11.1. The van der Waals surface area contributed by atoms with E-state index in [1.807, 2.05) is 0 Å². The quantitative estimate of drug-likeness (QED) is 0.148. The number of esters is 1. The van der Waals surface area contributed by atoms with Crippen LogP contribution in [0.3, 0.4) is 0 Å². The Labute approximate surface area is 180 Å². The van der Waals surface area contributed by atoms with Gasteiger partial charge in [0.05, 0.1) is 18.6 Å². The third-order valence-corrected chi connectivity index (χ3v) is 5.99. The standard InChI is InChI=1S/C25H48O4/c1-10-12-25(20(3)15-24(7,8)9,13-11-19(2)14-23(4,5)6)22(26)29-18-27-16-21-17-28-21/h19-21H,10-18H2,1-9H3. The van der Waals surface area contributed by atoms with Crippen LogP contribution in [0, 0.1) is 28.1 Å². The van der Waals surface area contributed by atoms with Crippen LogP contribution in [0.25, 0.3) is 0 Å². The van der Waals surface area contributed by atoms with E-state index in [1.54, 1.807) is 0 Å². The predicted octanol–water partition coefficient (Wildman–Crippen LogP) is 6.61. The van der Waals surface area contributed by atoms with Crippen molar-refractivity contribution in [3.63, 3.8) is 0 Å². The van der Waals surface area contributed by atoms with E-state index in [1.165, 1.54) is 6.42 Å². The fraction of sp³-hybridized carbons (Fsp3) is 0.960. The SMILES string of the molecule is CCCC(CCC(C)CC(C)(C)C)(C(=O)OCOCC1CO1)C(C)CC(C)(C)C. The summed E-state index contributed by atoms with van der Waals surface area (Å²) in [6.07, 6.45) is 6.16. The zero-order valence-corrected chi connectivity index (χ0v) is 20.7. The molecule has 1 heterocycles. The fourth-order valence-electron chi connectivity index (χ4n) is 4.82. The highest BCUT2D eigenvalue weighted by molar-refractivity contribution is 5.77. The zero-order chi connectivity index (χ0) is 22.3. The smallest absolute Gasteiger partial charge is 0.314 e. The van der Waals surface area contributed by atoms with Crippen LogP contribution in [0.2, 0.25) is 0 Å². The van der Waals surface area contributed by atoms with Gasteiger partial charge in [0.2, 0.25) is 0 Å². The monoisotopic (exact) mass is 412 g/mol. The van der Waals surface area contributed by atoms with Gasteiger partial charge in [0.15, 0.2) is 6.79 Å². The van der Waals surface area contributed by atoms with Crippen LogP contribution in [0.15, 0.2) is 0 Å². The van der Waals surface area contributed by atoms with E-state index >= 15 is 0 Å². The molecule has 0 amide bonds. The van der Waals surface area contributed by atoms with Gasteiger partial charge >= 0.3 is 5.97 Å². The van der Waals surface area contributed by atoms with E-state index < -0.39 is 5.41 Å². The maximum absolute atomic E-state index is 13.4. The lowest BCUT2D eigenvalue weighted by Crippen LogP contribution is -2.41. The third-order valence-electron chi connectivity index (χ3n) is 5.99. The van der Waals surface area contributed by atoms with Gasteiger partial charge in [-0.15, -0.1) is 0 Å². The molecule has 1 aliphatic heterocycles. The Hall–Kier alpha value is -0.610. The summed E-state index contributed by atoms with van der Waals surface area (Å²) in [6, 6.07) is 0. The number of carbonyl (C=O) groups is 1. The topological polar surface area (TPSA) is 48.1 Å². The molecule has 0 aromatic heterocycles. The van der Waals surface area contributed by atoms with Crippen LogP contribution < -0.4 is 0 Å². The summed E-state index contributed by atoms with van der Waals surface area (Å²) in [6.45, 7) is 21.7. The maximum atomic E-state index is 13.4. The van der Waals surface area contributed by atoms with Crippen molar-refractivity contribution in [2.24, 2.45) is 28.1 Å². The lowest BCUT2D eigenvalue weighted by Gasteiger charge is -2.40. The average Bonchev–Trinajstić information content (AvgIpc) is 3.36. The van der Waals surface area contributed by atoms with Gasteiger partial charge in [-0.25, -0.2) is 0 Å². The minimum absolute atomic E-state index is 0.0317. The summed E-state index contributed by atoms with van der Waals surface area (Å²) < 4.78 is 16.3. The summed E-state index contributed by atoms with van der Waals surface area (Å²) >= 11 is 0. The van der Waals surface area contributed by atoms with Gasteiger partial charge in [0.25, 0.3) is 0 Å². The highest BCUT2D eigenvalue weighted by Gasteiger charge is 2.45. The van der Waals surface area contributed by atoms with Crippen LogP contribution in [0.4, 0.5) is 0 Å². The van der Waals surface area contributed by atoms with Gasteiger partial charge in [-0.1, -0.05) is 68.7 Å². The van der Waals surface area contributed by atoms with Crippen molar-refractivity contribution in [1.82, 2.24) is 0 Å². The van der Waals surface area contributed by atoms with Crippen LogP contribution >= 0.6 is 0 Å². The largest absolute Gasteiger partial charge is 0.438 e. The number of epoxide rings is 1. The van der Waals surface area contributed by atoms with Crippen molar-refractivity contribution in [2.45, 2.75) is 107 Å². The van der Waals surface area contributed by atoms with E-state index in [0.29, 0.717) is 17.9 Å². The Balaban J connectivity index is 2.88. The maximum Gasteiger partial charge on any atom is 0.314 e. The summed E-state index contributed by atoms with van der Waals surface area (Å²) in [7, 11) is 0. The van der Waals surface area contributed by atoms with Crippen LogP contribution in [-0.2, 0) is 19.0 Å². The molecule has 0 aromatic rings. The Morgan fingerprint density at radius 1 is 1.03 bits per heavy atom. The molecular weight excluding hydrogens is 364 g/mol. The fourth-order valence-corrected chi connectivity index (χ4v) is 4.82. The minimum Gasteiger partial charge on any atom is -0.438 e. The summed E-state index contributed by atoms with van der Waals surface area (Å²) in [5.74, 6) is 0.781. The highest BCUT2D eigenvalue weighted by atomic mass is 16.7. The van der Waals surface area contributed by atoms with Crippen molar-refractivity contribution in [3.05, 3.63) is 0 Å². The number of hydrogen-bond donors (Lipinski definition) is 0. The van der Waals surface area contributed by atoms with Crippen LogP contribution in [-0.4, -0.2) is 32.1 Å². The molecule has 172 valence electrons. The van der Waals surface area contributed by atoms with Gasteiger partial charge < -0.3 is 14.2 Å². The molecule has 1 saturated heterocycles. The molecule has 1 fully saturated rings. The molecule has 1 rings (SSSR count). The molecule has 4 atom stereocenters. The molecule has 29 heavy (non-hydrogen) atoms. The molecule has 0 bridgehead atoms. The molecule has 4 nitrogen and oxygen atoms in total. The Kier molecular flexibility index (Phi) is 10.1. The van der Waals surface area contributed by atoms with Gasteiger partial charge in [0.1, 0.15) is 6.10 Å². The van der Waals surface area contributed by atoms with Crippen LogP contribution in [0.5, 0.6) is 0 Å². The number of ether oxygens (including phenoxy) is 3. The molecule has 1 aliphatic rings. The second-order valence-electron chi connectivity index (χ2n) is 11.9. The van der Waals surface area contributed by atoms with E-state index in [4.69, 9.17) is 14.2 Å². The van der Waals surface area contributed by atoms with Crippen LogP contribution in [0.1, 0.15) is 101 Å². The number of carbonyl (C=O) groups excluding carboxylic acids is 1. The van der Waals surface area contributed by atoms with E-state index in [0.717, 1.165) is 38.7 Å². The van der Waals surface area contributed by atoms with Crippen molar-refractivity contribution < 1.29 is 19.0 Å². The van der Waals surface area contributed by atoms with E-state index in [9.17, 15) is 4.79 Å². The Bertz CT molecular complexity index is 484. The minimum atomic E-state index is -0.437. The van der Waals surface area contributed by atoms with Gasteiger partial charge in [-0.3, -0.25) is 4.79 Å². The highest BCUT2D eigenvalue weighted by Crippen LogP contribution is 2.45. The number of hydrogen-bond acceptors (Lipinski definition) is 4. The van der Waals surface area contributed by atoms with Crippen molar-refractivity contribution in [3.8, 4) is 0 Å². The first-order valence-corrected chi connectivity index (χ1v) is 11.7. The third kappa shape index (κ3) is 10.3. The molecular formula is C25H48O4. The number of rotatable bonds is 13. The lowest BCUT2D eigenvalue weighted by atomic mass is 9.64. The second-order valence-corrected chi connectivity index (χ2v) is 11.9. The molecule has 0 N–H and O–H groups in total. The van der Waals surface area contributed by atoms with Gasteiger partial charge in [-0.2, -0.15) is 0 Å². The van der Waals surface area contributed by atoms with Crippen molar-refractivity contribution in [1.29, 1.82) is 0 Å². The predicted molar refractivity (Wildman–Crippen MR) is 120 cm³/mol. The first-order chi connectivity index (χ1) is 13.3. The molecule has 4 unspecified atom stereocenters. The van der Waals surface area contributed by atoms with Gasteiger partial charge in [-0.05, 0) is 54.8 Å². The zero-order valence-electron chi connectivity index (χ0n) is 20.7. The molecule has 0 spiro atoms. The van der Waals surface area contributed by atoms with Crippen molar-refractivity contribution in [2.75, 3.05) is 20.0 Å². The summed E-state index contributed by atoms with van der Waals surface area (Å²) in [5.41, 5.74) is 0.0478.